The summed E-state index contributed by atoms with van der Waals surface area (Å²) in [5.74, 6) is -0.235. The van der Waals surface area contributed by atoms with Crippen molar-refractivity contribution in [1.82, 2.24) is 14.9 Å². The van der Waals surface area contributed by atoms with Crippen molar-refractivity contribution in [3.8, 4) is 11.1 Å². The fraction of sp³-hybridized carbons (Fsp3) is 0.381. The molecule has 11 heteroatoms. The van der Waals surface area contributed by atoms with Crippen LogP contribution in [0.2, 0.25) is 0 Å². The number of aromatic amines is 1. The number of amides is 1. The number of rotatable bonds is 6. The normalized spacial score (nSPS) is 20.0. The number of carbonyl (C=O) groups excluding carboxylic acids is 1. The lowest BCUT2D eigenvalue weighted by atomic mass is 10.1. The van der Waals surface area contributed by atoms with E-state index in [1.165, 1.54) is 23.5 Å². The summed E-state index contributed by atoms with van der Waals surface area (Å²) in [5, 5.41) is 2.60. The Balaban J connectivity index is 1.34. The van der Waals surface area contributed by atoms with Gasteiger partial charge in [-0.05, 0) is 37.0 Å². The van der Waals surface area contributed by atoms with Crippen molar-refractivity contribution in [2.75, 3.05) is 17.3 Å². The van der Waals surface area contributed by atoms with Crippen molar-refractivity contribution >= 4 is 49.1 Å². The van der Waals surface area contributed by atoms with Crippen LogP contribution < -0.4 is 5.56 Å². The molecule has 168 valence electrons. The first kappa shape index (κ1) is 21.6. The van der Waals surface area contributed by atoms with Gasteiger partial charge in [0.1, 0.15) is 10.6 Å². The zero-order valence-corrected chi connectivity index (χ0v) is 19.4. The van der Waals surface area contributed by atoms with E-state index >= 15 is 0 Å². The van der Waals surface area contributed by atoms with Gasteiger partial charge < -0.3 is 9.88 Å². The zero-order chi connectivity index (χ0) is 22.5. The highest BCUT2D eigenvalue weighted by Gasteiger charge is 2.41. The predicted molar refractivity (Wildman–Crippen MR) is 123 cm³/mol. The number of aromatic nitrogens is 2. The molecule has 1 aromatic carbocycles. The van der Waals surface area contributed by atoms with Crippen LogP contribution in [0.15, 0.2) is 39.6 Å². The first-order valence-corrected chi connectivity index (χ1v) is 13.9. The van der Waals surface area contributed by atoms with Gasteiger partial charge in [-0.3, -0.25) is 9.59 Å². The van der Waals surface area contributed by atoms with Crippen LogP contribution >= 0.6 is 23.1 Å². The van der Waals surface area contributed by atoms with Crippen molar-refractivity contribution in [2.45, 2.75) is 36.5 Å². The van der Waals surface area contributed by atoms with Crippen LogP contribution in [-0.2, 0) is 14.6 Å². The van der Waals surface area contributed by atoms with Crippen LogP contribution in [0.5, 0.6) is 0 Å². The molecular weight excluding hydrogens is 473 g/mol. The average Bonchev–Trinajstić information content (AvgIpc) is 3.38. The smallest absolute Gasteiger partial charge is 0.260 e. The minimum Gasteiger partial charge on any atom is -0.335 e. The molecule has 3 aromatic rings. The van der Waals surface area contributed by atoms with Crippen molar-refractivity contribution in [2.24, 2.45) is 0 Å². The Hall–Kier alpha value is -2.24. The summed E-state index contributed by atoms with van der Waals surface area (Å²) in [6.07, 6.45) is 2.28. The molecule has 0 bridgehead atoms. The summed E-state index contributed by atoms with van der Waals surface area (Å²) >= 11 is 2.46. The number of nitrogens with one attached hydrogen (secondary N) is 1. The van der Waals surface area contributed by atoms with E-state index in [1.54, 1.807) is 17.0 Å². The summed E-state index contributed by atoms with van der Waals surface area (Å²) in [5.41, 5.74) is 1.10. The van der Waals surface area contributed by atoms with Crippen LogP contribution in [0.25, 0.3) is 21.3 Å². The number of hydrogen-bond donors (Lipinski definition) is 1. The Labute approximate surface area is 192 Å². The van der Waals surface area contributed by atoms with E-state index in [4.69, 9.17) is 0 Å². The lowest BCUT2D eigenvalue weighted by molar-refractivity contribution is -0.130. The van der Waals surface area contributed by atoms with E-state index in [0.717, 1.165) is 30.2 Å². The second kappa shape index (κ2) is 8.27. The Bertz CT molecular complexity index is 1350. The van der Waals surface area contributed by atoms with Crippen LogP contribution in [0.4, 0.5) is 4.39 Å². The molecule has 0 radical (unpaired) electrons. The van der Waals surface area contributed by atoms with Gasteiger partial charge in [0.25, 0.3) is 5.56 Å². The number of thioether (sulfide) groups is 1. The molecule has 1 aliphatic carbocycles. The third-order valence-corrected chi connectivity index (χ3v) is 9.22. The van der Waals surface area contributed by atoms with Gasteiger partial charge in [0, 0.05) is 23.0 Å². The average molecular weight is 494 g/mol. The van der Waals surface area contributed by atoms with E-state index in [1.807, 2.05) is 5.38 Å². The standard InChI is InChI=1S/C21H20FN3O4S3/c22-13-3-1-12(2-4-13)16-9-30-20-18(16)19(27)23-21(24-20)31-10-17(26)25(14-5-6-14)15-7-8-32(28,29)11-15/h1-4,9,14-15H,5-8,10-11H2,(H,23,24,27). The topological polar surface area (TPSA) is 100 Å². The molecule has 1 N–H and O–H groups in total. The highest BCUT2D eigenvalue weighted by Crippen LogP contribution is 2.34. The van der Waals surface area contributed by atoms with Crippen molar-refractivity contribution in [3.63, 3.8) is 0 Å². The SMILES string of the molecule is O=C(CSc1nc2scc(-c3ccc(F)cc3)c2c(=O)[nH]1)N(C1CC1)C1CCS(=O)(=O)C1. The van der Waals surface area contributed by atoms with E-state index in [2.05, 4.69) is 9.97 Å². The molecule has 3 heterocycles. The van der Waals surface area contributed by atoms with Gasteiger partial charge >= 0.3 is 0 Å². The fourth-order valence-electron chi connectivity index (χ4n) is 4.10. The van der Waals surface area contributed by atoms with Crippen LogP contribution in [0.3, 0.4) is 0 Å². The number of nitrogens with zero attached hydrogens (tertiary/aromatic N) is 2. The highest BCUT2D eigenvalue weighted by atomic mass is 32.2. The highest BCUT2D eigenvalue weighted by molar-refractivity contribution is 7.99. The van der Waals surface area contributed by atoms with Gasteiger partial charge in [0.05, 0.1) is 22.6 Å². The summed E-state index contributed by atoms with van der Waals surface area (Å²) in [6, 6.07) is 5.78. The molecule has 2 aromatic heterocycles. The van der Waals surface area contributed by atoms with Crippen LogP contribution in [-0.4, -0.2) is 58.5 Å². The molecule has 1 unspecified atom stereocenters. The summed E-state index contributed by atoms with van der Waals surface area (Å²) in [7, 11) is -3.08. The van der Waals surface area contributed by atoms with Crippen molar-refractivity contribution in [1.29, 1.82) is 0 Å². The maximum Gasteiger partial charge on any atom is 0.260 e. The van der Waals surface area contributed by atoms with Crippen molar-refractivity contribution < 1.29 is 17.6 Å². The number of sulfone groups is 1. The van der Waals surface area contributed by atoms with Gasteiger partial charge in [-0.15, -0.1) is 11.3 Å². The van der Waals surface area contributed by atoms with E-state index < -0.39 is 9.84 Å². The van der Waals surface area contributed by atoms with Gasteiger partial charge in [-0.1, -0.05) is 23.9 Å². The minimum atomic E-state index is -3.08. The third-order valence-electron chi connectivity index (χ3n) is 5.74. The van der Waals surface area contributed by atoms with Gasteiger partial charge in [-0.25, -0.2) is 17.8 Å². The Kier molecular flexibility index (Phi) is 5.58. The second-order valence-corrected chi connectivity index (χ2v) is 12.1. The first-order chi connectivity index (χ1) is 15.3. The van der Waals surface area contributed by atoms with E-state index in [-0.39, 0.29) is 46.6 Å². The summed E-state index contributed by atoms with van der Waals surface area (Å²) < 4.78 is 37.0. The zero-order valence-electron chi connectivity index (χ0n) is 16.9. The molecule has 32 heavy (non-hydrogen) atoms. The monoisotopic (exact) mass is 493 g/mol. The van der Waals surface area contributed by atoms with Crippen molar-refractivity contribution in [3.05, 3.63) is 45.8 Å². The molecule has 1 saturated carbocycles. The Morgan fingerprint density at radius 3 is 2.62 bits per heavy atom. The molecular formula is C21H20FN3O4S3. The number of hydrogen-bond acceptors (Lipinski definition) is 7. The van der Waals surface area contributed by atoms with Gasteiger partial charge in [-0.2, -0.15) is 0 Å². The molecule has 7 nitrogen and oxygen atoms in total. The number of thiophene rings is 1. The molecule has 1 aliphatic heterocycles. The summed E-state index contributed by atoms with van der Waals surface area (Å²) in [4.78, 5) is 35.2. The Morgan fingerprint density at radius 2 is 1.97 bits per heavy atom. The third kappa shape index (κ3) is 4.33. The number of fused-ring (bicyclic) bond motifs is 1. The van der Waals surface area contributed by atoms with E-state index in [0.29, 0.717) is 27.4 Å². The van der Waals surface area contributed by atoms with Gasteiger partial charge in [0.15, 0.2) is 15.0 Å². The number of H-pyrrole nitrogens is 1. The molecule has 2 aliphatic rings. The largest absolute Gasteiger partial charge is 0.335 e. The maximum absolute atomic E-state index is 13.2. The minimum absolute atomic E-state index is 0.0301. The molecule has 5 rings (SSSR count). The lowest BCUT2D eigenvalue weighted by Gasteiger charge is -2.28. The fourth-order valence-corrected chi connectivity index (χ4v) is 7.54. The molecule has 1 amide bonds. The molecule has 2 fully saturated rings. The second-order valence-electron chi connectivity index (χ2n) is 8.09. The van der Waals surface area contributed by atoms with Crippen LogP contribution in [0.1, 0.15) is 19.3 Å². The number of benzene rings is 1. The molecule has 0 spiro atoms. The molecule has 1 atom stereocenters. The quantitative estimate of drug-likeness (QED) is 0.419. The first-order valence-electron chi connectivity index (χ1n) is 10.2. The summed E-state index contributed by atoms with van der Waals surface area (Å²) in [6.45, 7) is 0. The Morgan fingerprint density at radius 1 is 1.22 bits per heavy atom. The lowest BCUT2D eigenvalue weighted by Crippen LogP contribution is -2.43. The van der Waals surface area contributed by atoms with Crippen LogP contribution in [0, 0.1) is 5.82 Å². The van der Waals surface area contributed by atoms with Gasteiger partial charge in [0.2, 0.25) is 5.91 Å². The number of carbonyl (C=O) groups is 1. The van der Waals surface area contributed by atoms with E-state index in [9.17, 15) is 22.4 Å². The number of halogens is 1. The maximum atomic E-state index is 13.2. The molecule has 1 saturated heterocycles. The predicted octanol–water partition coefficient (Wildman–Crippen LogP) is 3.06.